The van der Waals surface area contributed by atoms with E-state index >= 15 is 0 Å². The molecule has 4 heteroatoms. The van der Waals surface area contributed by atoms with Crippen LogP contribution in [-0.2, 0) is 6.54 Å². The third kappa shape index (κ3) is 2.59. The van der Waals surface area contributed by atoms with Gasteiger partial charge in [-0.25, -0.2) is 0 Å². The average Bonchev–Trinajstić information content (AvgIpc) is 3.29. The van der Waals surface area contributed by atoms with Gasteiger partial charge in [-0.15, -0.1) is 0 Å². The van der Waals surface area contributed by atoms with Gasteiger partial charge in [0.15, 0.2) is 0 Å². The van der Waals surface area contributed by atoms with Crippen molar-refractivity contribution in [1.29, 1.82) is 0 Å². The SMILES string of the molecule is c1cc(N2CCN(Cc3coc4ccccc34)CC2)c2cc[nH]c2c1. The maximum Gasteiger partial charge on any atom is 0.134 e. The van der Waals surface area contributed by atoms with E-state index in [1.165, 1.54) is 27.5 Å². The van der Waals surface area contributed by atoms with Crippen LogP contribution in [0.2, 0.25) is 0 Å². The van der Waals surface area contributed by atoms with Crippen LogP contribution < -0.4 is 4.90 Å². The Kier molecular flexibility index (Phi) is 3.49. The van der Waals surface area contributed by atoms with Gasteiger partial charge < -0.3 is 14.3 Å². The highest BCUT2D eigenvalue weighted by molar-refractivity contribution is 5.92. The number of rotatable bonds is 3. The van der Waals surface area contributed by atoms with Crippen molar-refractivity contribution in [3.05, 3.63) is 66.6 Å². The first-order valence-electron chi connectivity index (χ1n) is 8.87. The number of aromatic nitrogens is 1. The first kappa shape index (κ1) is 14.6. The normalized spacial score (nSPS) is 16.1. The van der Waals surface area contributed by atoms with Gasteiger partial charge in [-0.1, -0.05) is 24.3 Å². The number of nitrogens with zero attached hydrogens (tertiary/aromatic N) is 2. The van der Waals surface area contributed by atoms with Crippen LogP contribution in [0.4, 0.5) is 5.69 Å². The minimum absolute atomic E-state index is 0.958. The molecule has 4 nitrogen and oxygen atoms in total. The molecule has 0 unspecified atom stereocenters. The fourth-order valence-electron chi connectivity index (χ4n) is 3.89. The van der Waals surface area contributed by atoms with Crippen LogP contribution in [-0.4, -0.2) is 36.1 Å². The molecule has 126 valence electrons. The number of benzene rings is 2. The number of nitrogens with one attached hydrogen (secondary N) is 1. The van der Waals surface area contributed by atoms with Crippen molar-refractivity contribution in [3.8, 4) is 0 Å². The summed E-state index contributed by atoms with van der Waals surface area (Å²) in [7, 11) is 0. The van der Waals surface area contributed by atoms with Gasteiger partial charge in [-0.3, -0.25) is 4.90 Å². The Balaban J connectivity index is 1.31. The number of H-pyrrole nitrogens is 1. The predicted octanol–water partition coefficient (Wildman–Crippen LogP) is 4.24. The Labute approximate surface area is 146 Å². The lowest BCUT2D eigenvalue weighted by Gasteiger charge is -2.36. The van der Waals surface area contributed by atoms with E-state index in [2.05, 4.69) is 51.2 Å². The Morgan fingerprint density at radius 1 is 0.880 bits per heavy atom. The molecule has 1 aliphatic heterocycles. The molecular weight excluding hydrogens is 310 g/mol. The van der Waals surface area contributed by atoms with Crippen molar-refractivity contribution in [2.24, 2.45) is 0 Å². The standard InChI is InChI=1S/C21H21N3O/c1-2-7-21-17(4-1)16(15-25-21)14-23-10-12-24(13-11-23)20-6-3-5-19-18(20)8-9-22-19/h1-9,15,22H,10-14H2. The molecule has 1 fully saturated rings. The molecule has 1 saturated heterocycles. The Hall–Kier alpha value is -2.72. The predicted molar refractivity (Wildman–Crippen MR) is 102 cm³/mol. The number of furan rings is 1. The molecule has 0 atom stereocenters. The highest BCUT2D eigenvalue weighted by atomic mass is 16.3. The smallest absolute Gasteiger partial charge is 0.134 e. The first-order chi connectivity index (χ1) is 12.4. The molecule has 25 heavy (non-hydrogen) atoms. The minimum atomic E-state index is 0.958. The second-order valence-electron chi connectivity index (χ2n) is 6.74. The summed E-state index contributed by atoms with van der Waals surface area (Å²) in [5.74, 6) is 0. The van der Waals surface area contributed by atoms with Crippen LogP contribution in [0, 0.1) is 0 Å². The van der Waals surface area contributed by atoms with Gasteiger partial charge in [0.1, 0.15) is 5.58 Å². The van der Waals surface area contributed by atoms with E-state index in [-0.39, 0.29) is 0 Å². The van der Waals surface area contributed by atoms with Crippen LogP contribution in [0.5, 0.6) is 0 Å². The number of anilines is 1. The van der Waals surface area contributed by atoms with Crippen molar-refractivity contribution in [1.82, 2.24) is 9.88 Å². The topological polar surface area (TPSA) is 35.4 Å². The summed E-state index contributed by atoms with van der Waals surface area (Å²) in [5, 5.41) is 2.55. The summed E-state index contributed by atoms with van der Waals surface area (Å²) in [6.45, 7) is 5.21. The third-order valence-electron chi connectivity index (χ3n) is 5.24. The van der Waals surface area contributed by atoms with Gasteiger partial charge in [0.2, 0.25) is 0 Å². The zero-order chi connectivity index (χ0) is 16.6. The lowest BCUT2D eigenvalue weighted by atomic mass is 10.1. The van der Waals surface area contributed by atoms with E-state index in [0.717, 1.165) is 38.3 Å². The number of hydrogen-bond acceptors (Lipinski definition) is 3. The molecule has 0 amide bonds. The van der Waals surface area contributed by atoms with Gasteiger partial charge in [0.25, 0.3) is 0 Å². The molecule has 3 heterocycles. The van der Waals surface area contributed by atoms with Crippen LogP contribution in [0.3, 0.4) is 0 Å². The first-order valence-corrected chi connectivity index (χ1v) is 8.87. The van der Waals surface area contributed by atoms with Crippen molar-refractivity contribution < 1.29 is 4.42 Å². The number of hydrogen-bond donors (Lipinski definition) is 1. The zero-order valence-electron chi connectivity index (χ0n) is 14.1. The number of aromatic amines is 1. The molecule has 4 aromatic rings. The fourth-order valence-corrected chi connectivity index (χ4v) is 3.89. The molecule has 5 rings (SSSR count). The van der Waals surface area contributed by atoms with E-state index < -0.39 is 0 Å². The second-order valence-corrected chi connectivity index (χ2v) is 6.74. The summed E-state index contributed by atoms with van der Waals surface area (Å²) in [6.07, 6.45) is 3.94. The summed E-state index contributed by atoms with van der Waals surface area (Å²) in [4.78, 5) is 8.33. The monoisotopic (exact) mass is 331 g/mol. The Morgan fingerprint density at radius 2 is 1.76 bits per heavy atom. The Morgan fingerprint density at radius 3 is 2.68 bits per heavy atom. The summed E-state index contributed by atoms with van der Waals surface area (Å²) < 4.78 is 5.68. The van der Waals surface area contributed by atoms with E-state index in [4.69, 9.17) is 4.42 Å². The van der Waals surface area contributed by atoms with Gasteiger partial charge in [-0.05, 0) is 24.3 Å². The van der Waals surface area contributed by atoms with Crippen molar-refractivity contribution in [2.75, 3.05) is 31.1 Å². The van der Waals surface area contributed by atoms with Gasteiger partial charge in [-0.2, -0.15) is 0 Å². The van der Waals surface area contributed by atoms with Gasteiger partial charge in [0, 0.05) is 66.5 Å². The van der Waals surface area contributed by atoms with Crippen molar-refractivity contribution in [2.45, 2.75) is 6.54 Å². The van der Waals surface area contributed by atoms with Crippen LogP contribution >= 0.6 is 0 Å². The number of fused-ring (bicyclic) bond motifs is 2. The summed E-state index contributed by atoms with van der Waals surface area (Å²) >= 11 is 0. The molecule has 0 aliphatic carbocycles. The molecule has 1 N–H and O–H groups in total. The quantitative estimate of drug-likeness (QED) is 0.610. The fraction of sp³-hybridized carbons (Fsp3) is 0.238. The maximum absolute atomic E-state index is 5.68. The minimum Gasteiger partial charge on any atom is -0.464 e. The largest absolute Gasteiger partial charge is 0.464 e. The highest BCUT2D eigenvalue weighted by Crippen LogP contribution is 2.28. The summed E-state index contributed by atoms with van der Waals surface area (Å²) in [6, 6.07) is 17.0. The lowest BCUT2D eigenvalue weighted by molar-refractivity contribution is 0.250. The molecule has 0 radical (unpaired) electrons. The van der Waals surface area contributed by atoms with Crippen LogP contribution in [0.15, 0.2) is 65.4 Å². The number of para-hydroxylation sites is 1. The van der Waals surface area contributed by atoms with Gasteiger partial charge in [0.05, 0.1) is 6.26 Å². The van der Waals surface area contributed by atoms with E-state index in [1.54, 1.807) is 0 Å². The zero-order valence-corrected chi connectivity index (χ0v) is 14.1. The molecule has 1 aliphatic rings. The van der Waals surface area contributed by atoms with E-state index in [1.807, 2.05) is 24.6 Å². The molecule has 0 saturated carbocycles. The lowest BCUT2D eigenvalue weighted by Crippen LogP contribution is -2.46. The van der Waals surface area contributed by atoms with E-state index in [9.17, 15) is 0 Å². The van der Waals surface area contributed by atoms with Crippen molar-refractivity contribution in [3.63, 3.8) is 0 Å². The maximum atomic E-state index is 5.68. The highest BCUT2D eigenvalue weighted by Gasteiger charge is 2.20. The van der Waals surface area contributed by atoms with Crippen LogP contribution in [0.1, 0.15) is 5.56 Å². The second kappa shape index (κ2) is 5.97. The van der Waals surface area contributed by atoms with E-state index in [0.29, 0.717) is 0 Å². The molecule has 0 bridgehead atoms. The molecule has 0 spiro atoms. The molecular formula is C21H21N3O. The van der Waals surface area contributed by atoms with Crippen LogP contribution in [0.25, 0.3) is 21.9 Å². The molecule has 2 aromatic heterocycles. The number of piperazine rings is 1. The van der Waals surface area contributed by atoms with Crippen molar-refractivity contribution >= 4 is 27.6 Å². The van der Waals surface area contributed by atoms with Gasteiger partial charge >= 0.3 is 0 Å². The molecule has 2 aromatic carbocycles. The average molecular weight is 331 g/mol. The summed E-state index contributed by atoms with van der Waals surface area (Å²) in [5.41, 5.74) is 4.82. The third-order valence-corrected chi connectivity index (χ3v) is 5.24. The Bertz CT molecular complexity index is 1010.